The molecule has 1 aliphatic carbocycles. The zero-order chi connectivity index (χ0) is 23.9. The second-order valence-electron chi connectivity index (χ2n) is 8.77. The van der Waals surface area contributed by atoms with Gasteiger partial charge in [-0.3, -0.25) is 9.59 Å². The number of rotatable bonds is 8. The minimum absolute atomic E-state index is 0.0450. The lowest BCUT2D eigenvalue weighted by Gasteiger charge is -2.44. The van der Waals surface area contributed by atoms with Gasteiger partial charge in [-0.05, 0) is 49.1 Å². The van der Waals surface area contributed by atoms with Crippen molar-refractivity contribution in [1.29, 1.82) is 0 Å². The minimum Gasteiger partial charge on any atom is -0.385 e. The molecule has 5 nitrogen and oxygen atoms in total. The summed E-state index contributed by atoms with van der Waals surface area (Å²) in [5, 5.41) is 3.20. The summed E-state index contributed by atoms with van der Waals surface area (Å²) in [6.07, 6.45) is 6.91. The lowest BCUT2D eigenvalue weighted by Crippen LogP contribution is -2.50. The largest absolute Gasteiger partial charge is 0.385 e. The normalized spacial score (nSPS) is 21.4. The Hall–Kier alpha value is -2.64. The molecule has 1 aliphatic heterocycles. The molecule has 2 fully saturated rings. The van der Waals surface area contributed by atoms with Gasteiger partial charge in [-0.2, -0.15) is 0 Å². The molecule has 180 valence electrons. The van der Waals surface area contributed by atoms with Gasteiger partial charge in [0.15, 0.2) is 0 Å². The van der Waals surface area contributed by atoms with Gasteiger partial charge in [0.25, 0.3) is 11.8 Å². The van der Waals surface area contributed by atoms with Gasteiger partial charge in [0.1, 0.15) is 5.82 Å². The van der Waals surface area contributed by atoms with Crippen LogP contribution < -0.4 is 5.32 Å². The lowest BCUT2D eigenvalue weighted by atomic mass is 9.92. The van der Waals surface area contributed by atoms with E-state index in [2.05, 4.69) is 5.32 Å². The molecule has 2 atom stereocenters. The summed E-state index contributed by atoms with van der Waals surface area (Å²) in [6.45, 7) is 1.45. The van der Waals surface area contributed by atoms with Crippen LogP contribution in [0, 0.1) is 5.82 Å². The molecule has 7 heteroatoms. The number of halogens is 1. The van der Waals surface area contributed by atoms with E-state index in [1.165, 1.54) is 6.07 Å². The molecule has 0 bridgehead atoms. The molecule has 2 amide bonds. The third kappa shape index (κ3) is 5.88. The highest BCUT2D eigenvalue weighted by Gasteiger charge is 2.40. The van der Waals surface area contributed by atoms with Crippen molar-refractivity contribution in [2.45, 2.75) is 49.9 Å². The Morgan fingerprint density at radius 3 is 2.71 bits per heavy atom. The Labute approximate surface area is 204 Å². The van der Waals surface area contributed by atoms with E-state index in [1.54, 1.807) is 43.1 Å². The maximum atomic E-state index is 14.4. The second-order valence-corrected chi connectivity index (χ2v) is 10.0. The first-order valence-corrected chi connectivity index (χ1v) is 12.7. The molecule has 1 saturated carbocycles. The Kier molecular flexibility index (Phi) is 8.40. The van der Waals surface area contributed by atoms with E-state index >= 15 is 0 Å². The highest BCUT2D eigenvalue weighted by atomic mass is 32.2. The maximum absolute atomic E-state index is 14.4. The molecule has 1 N–H and O–H groups in total. The summed E-state index contributed by atoms with van der Waals surface area (Å²) in [5.41, 5.74) is 2.00. The average molecular weight is 483 g/mol. The van der Waals surface area contributed by atoms with Crippen LogP contribution in [0.4, 0.5) is 4.39 Å². The topological polar surface area (TPSA) is 58.6 Å². The van der Waals surface area contributed by atoms with Crippen LogP contribution >= 0.6 is 11.8 Å². The number of carbonyl (C=O) groups excluding carboxylic acids is 2. The SMILES string of the molecule is COCCCNC(=O)c1ccc(/C=C2\SC3CCCCC3N(Cc3ccccc3F)C2=O)cc1. The maximum Gasteiger partial charge on any atom is 0.260 e. The number of nitrogens with one attached hydrogen (secondary N) is 1. The smallest absolute Gasteiger partial charge is 0.260 e. The van der Waals surface area contributed by atoms with E-state index in [1.807, 2.05) is 29.2 Å². The summed E-state index contributed by atoms with van der Waals surface area (Å²) < 4.78 is 19.4. The van der Waals surface area contributed by atoms with Crippen LogP contribution in [0.25, 0.3) is 6.08 Å². The van der Waals surface area contributed by atoms with Crippen LogP contribution in [0.2, 0.25) is 0 Å². The van der Waals surface area contributed by atoms with E-state index in [0.29, 0.717) is 34.4 Å². The van der Waals surface area contributed by atoms with E-state index < -0.39 is 0 Å². The summed E-state index contributed by atoms with van der Waals surface area (Å²) in [4.78, 5) is 28.3. The van der Waals surface area contributed by atoms with Crippen LogP contribution in [0.3, 0.4) is 0 Å². The monoisotopic (exact) mass is 482 g/mol. The number of amides is 2. The fourth-order valence-electron chi connectivity index (χ4n) is 4.57. The Bertz CT molecular complexity index is 1040. The van der Waals surface area contributed by atoms with Crippen molar-refractivity contribution >= 4 is 29.7 Å². The van der Waals surface area contributed by atoms with Gasteiger partial charge in [-0.15, -0.1) is 11.8 Å². The molecule has 2 aromatic rings. The molecule has 0 radical (unpaired) electrons. The van der Waals surface area contributed by atoms with Crippen molar-refractivity contribution < 1.29 is 18.7 Å². The van der Waals surface area contributed by atoms with Gasteiger partial charge in [0.2, 0.25) is 0 Å². The van der Waals surface area contributed by atoms with Crippen molar-refractivity contribution in [2.24, 2.45) is 0 Å². The zero-order valence-corrected chi connectivity index (χ0v) is 20.3. The van der Waals surface area contributed by atoms with E-state index in [-0.39, 0.29) is 30.2 Å². The first-order chi connectivity index (χ1) is 16.6. The van der Waals surface area contributed by atoms with E-state index in [4.69, 9.17) is 4.74 Å². The number of ether oxygens (including phenoxy) is 1. The second kappa shape index (κ2) is 11.7. The summed E-state index contributed by atoms with van der Waals surface area (Å²) >= 11 is 1.65. The van der Waals surface area contributed by atoms with Gasteiger partial charge in [0, 0.05) is 49.2 Å². The van der Waals surface area contributed by atoms with E-state index in [9.17, 15) is 14.0 Å². The molecule has 1 saturated heterocycles. The van der Waals surface area contributed by atoms with Crippen molar-refractivity contribution in [3.63, 3.8) is 0 Å². The highest BCUT2D eigenvalue weighted by Crippen LogP contribution is 2.42. The Morgan fingerprint density at radius 1 is 1.18 bits per heavy atom. The predicted molar refractivity (Wildman–Crippen MR) is 134 cm³/mol. The number of hydrogen-bond acceptors (Lipinski definition) is 4. The summed E-state index contributed by atoms with van der Waals surface area (Å²) in [5.74, 6) is -0.446. The number of hydrogen-bond donors (Lipinski definition) is 1. The number of benzene rings is 2. The Balaban J connectivity index is 1.50. The van der Waals surface area contributed by atoms with Crippen molar-refractivity contribution in [2.75, 3.05) is 20.3 Å². The number of carbonyl (C=O) groups is 2. The minimum atomic E-state index is -0.275. The number of methoxy groups -OCH3 is 1. The number of fused-ring (bicyclic) bond motifs is 1. The van der Waals surface area contributed by atoms with Crippen LogP contribution in [0.1, 0.15) is 53.6 Å². The molecule has 4 rings (SSSR count). The first kappa shape index (κ1) is 24.5. The third-order valence-corrected chi connectivity index (χ3v) is 7.80. The predicted octanol–water partition coefficient (Wildman–Crippen LogP) is 5.02. The summed E-state index contributed by atoms with van der Waals surface area (Å²) in [6, 6.07) is 14.1. The fourth-order valence-corrected chi connectivity index (χ4v) is 6.05. The van der Waals surface area contributed by atoms with Gasteiger partial charge in [0.05, 0.1) is 4.91 Å². The quantitative estimate of drug-likeness (QED) is 0.424. The molecule has 2 aliphatic rings. The standard InChI is InChI=1S/C27H31FN2O3S/c1-33-16-6-15-29-26(31)20-13-11-19(12-14-20)17-25-27(32)30(18-21-7-2-3-8-22(21)28)23-9-4-5-10-24(23)34-25/h2-3,7-8,11-14,17,23-24H,4-6,9-10,15-16,18H2,1H3,(H,29,31)/b25-17-. The summed E-state index contributed by atoms with van der Waals surface area (Å²) in [7, 11) is 1.64. The van der Waals surface area contributed by atoms with Gasteiger partial charge in [-0.1, -0.05) is 43.2 Å². The molecule has 1 heterocycles. The molecule has 0 aromatic heterocycles. The van der Waals surface area contributed by atoms with Crippen molar-refractivity contribution in [3.05, 3.63) is 75.9 Å². The van der Waals surface area contributed by atoms with Crippen molar-refractivity contribution in [3.8, 4) is 0 Å². The van der Waals surface area contributed by atoms with Gasteiger partial charge < -0.3 is 15.0 Å². The average Bonchev–Trinajstić information content (AvgIpc) is 2.86. The molecule has 2 aromatic carbocycles. The third-order valence-electron chi connectivity index (χ3n) is 6.40. The molecule has 2 unspecified atom stereocenters. The Morgan fingerprint density at radius 2 is 1.94 bits per heavy atom. The molecular weight excluding hydrogens is 451 g/mol. The fraction of sp³-hybridized carbons (Fsp3) is 0.407. The van der Waals surface area contributed by atoms with E-state index in [0.717, 1.165) is 37.7 Å². The van der Waals surface area contributed by atoms with Gasteiger partial charge >= 0.3 is 0 Å². The first-order valence-electron chi connectivity index (χ1n) is 11.9. The van der Waals surface area contributed by atoms with Crippen LogP contribution in [-0.2, 0) is 16.1 Å². The van der Waals surface area contributed by atoms with Crippen LogP contribution in [-0.4, -0.2) is 48.3 Å². The molecular formula is C27H31FN2O3S. The molecule has 0 spiro atoms. The van der Waals surface area contributed by atoms with Crippen molar-refractivity contribution in [1.82, 2.24) is 10.2 Å². The molecule has 34 heavy (non-hydrogen) atoms. The van der Waals surface area contributed by atoms with Crippen LogP contribution in [0.15, 0.2) is 53.4 Å². The number of nitrogens with zero attached hydrogens (tertiary/aromatic N) is 1. The van der Waals surface area contributed by atoms with Crippen LogP contribution in [0.5, 0.6) is 0 Å². The van der Waals surface area contributed by atoms with Gasteiger partial charge in [-0.25, -0.2) is 4.39 Å². The number of thioether (sulfide) groups is 1. The lowest BCUT2D eigenvalue weighted by molar-refractivity contribution is -0.130. The highest BCUT2D eigenvalue weighted by molar-refractivity contribution is 8.04. The zero-order valence-electron chi connectivity index (χ0n) is 19.5.